The van der Waals surface area contributed by atoms with Gasteiger partial charge in [-0.3, -0.25) is 4.79 Å². The molecule has 1 unspecified atom stereocenters. The van der Waals surface area contributed by atoms with Gasteiger partial charge >= 0.3 is 0 Å². The van der Waals surface area contributed by atoms with Gasteiger partial charge in [0.05, 0.1) is 5.54 Å². The number of rotatable bonds is 3. The number of nitrogens with one attached hydrogen (secondary N) is 1. The average Bonchev–Trinajstić information content (AvgIpc) is 2.38. The molecule has 0 spiro atoms. The zero-order valence-corrected chi connectivity index (χ0v) is 10.6. The van der Waals surface area contributed by atoms with Gasteiger partial charge < -0.3 is 11.1 Å². The van der Waals surface area contributed by atoms with Crippen molar-refractivity contribution < 1.29 is 4.79 Å². The van der Waals surface area contributed by atoms with Gasteiger partial charge in [-0.15, -0.1) is 0 Å². The van der Waals surface area contributed by atoms with Crippen LogP contribution in [0.4, 0.5) is 0 Å². The Kier molecular flexibility index (Phi) is 4.21. The highest BCUT2D eigenvalue weighted by molar-refractivity contribution is 5.86. The maximum atomic E-state index is 12.1. The molecule has 3 N–H and O–H groups in total. The minimum atomic E-state index is -0.581. The number of hydrogen-bond donors (Lipinski definition) is 2. The summed E-state index contributed by atoms with van der Waals surface area (Å²) in [6.45, 7) is 0.794. The molecule has 2 aliphatic carbocycles. The summed E-state index contributed by atoms with van der Waals surface area (Å²) in [7, 11) is 0. The van der Waals surface area contributed by atoms with Crippen molar-refractivity contribution in [3.05, 3.63) is 12.2 Å². The molecule has 0 aromatic rings. The maximum absolute atomic E-state index is 12.1. The van der Waals surface area contributed by atoms with E-state index in [1.165, 1.54) is 12.8 Å². The molecule has 0 aromatic carbocycles. The van der Waals surface area contributed by atoms with Crippen molar-refractivity contribution in [3.8, 4) is 0 Å². The number of carbonyl (C=O) groups is 1. The van der Waals surface area contributed by atoms with Crippen molar-refractivity contribution in [2.24, 2.45) is 11.7 Å². The lowest BCUT2D eigenvalue weighted by Crippen LogP contribution is -2.55. The second-order valence-electron chi connectivity index (χ2n) is 5.58. The normalized spacial score (nSPS) is 27.7. The van der Waals surface area contributed by atoms with E-state index in [0.29, 0.717) is 5.92 Å². The molecule has 1 amide bonds. The molecule has 1 saturated carbocycles. The second kappa shape index (κ2) is 5.67. The van der Waals surface area contributed by atoms with Crippen LogP contribution >= 0.6 is 0 Å². The van der Waals surface area contributed by atoms with E-state index in [0.717, 1.165) is 45.1 Å². The zero-order chi connectivity index (χ0) is 12.1. The summed E-state index contributed by atoms with van der Waals surface area (Å²) in [6.07, 6.45) is 13.0. The molecule has 1 atom stereocenters. The molecule has 96 valence electrons. The molecule has 0 aromatic heterocycles. The van der Waals surface area contributed by atoms with Gasteiger partial charge in [0.15, 0.2) is 0 Å². The number of amides is 1. The fourth-order valence-electron chi connectivity index (χ4n) is 2.86. The molecule has 0 saturated heterocycles. The van der Waals surface area contributed by atoms with Crippen molar-refractivity contribution in [1.82, 2.24) is 5.32 Å². The molecule has 2 aliphatic rings. The van der Waals surface area contributed by atoms with E-state index in [9.17, 15) is 4.79 Å². The summed E-state index contributed by atoms with van der Waals surface area (Å²) >= 11 is 0. The van der Waals surface area contributed by atoms with Crippen LogP contribution in [0.5, 0.6) is 0 Å². The molecule has 2 rings (SSSR count). The topological polar surface area (TPSA) is 55.1 Å². The van der Waals surface area contributed by atoms with Crippen molar-refractivity contribution in [2.45, 2.75) is 56.9 Å². The van der Waals surface area contributed by atoms with E-state index in [-0.39, 0.29) is 5.91 Å². The van der Waals surface area contributed by atoms with Crippen molar-refractivity contribution in [1.29, 1.82) is 0 Å². The van der Waals surface area contributed by atoms with Crippen molar-refractivity contribution in [3.63, 3.8) is 0 Å². The van der Waals surface area contributed by atoms with Crippen LogP contribution in [0.25, 0.3) is 0 Å². The minimum Gasteiger partial charge on any atom is -0.354 e. The van der Waals surface area contributed by atoms with Crippen LogP contribution < -0.4 is 11.1 Å². The minimum absolute atomic E-state index is 0.0757. The number of allylic oxidation sites excluding steroid dienone is 2. The number of carbonyl (C=O) groups excluding carboxylic acids is 1. The smallest absolute Gasteiger partial charge is 0.240 e. The van der Waals surface area contributed by atoms with Crippen molar-refractivity contribution >= 4 is 5.91 Å². The molecule has 3 nitrogen and oxygen atoms in total. The van der Waals surface area contributed by atoms with Crippen LogP contribution in [0.1, 0.15) is 51.4 Å². The van der Waals surface area contributed by atoms with Gasteiger partial charge in [0, 0.05) is 6.54 Å². The average molecular weight is 236 g/mol. The molecular weight excluding hydrogens is 212 g/mol. The molecule has 3 heteroatoms. The molecular formula is C14H24N2O. The first kappa shape index (κ1) is 12.6. The summed E-state index contributed by atoms with van der Waals surface area (Å²) < 4.78 is 0. The van der Waals surface area contributed by atoms with E-state index >= 15 is 0 Å². The summed E-state index contributed by atoms with van der Waals surface area (Å²) in [5.74, 6) is 0.683. The van der Waals surface area contributed by atoms with Crippen LogP contribution in [0.3, 0.4) is 0 Å². The van der Waals surface area contributed by atoms with E-state index in [1.807, 2.05) is 0 Å². The van der Waals surface area contributed by atoms with E-state index in [2.05, 4.69) is 17.5 Å². The fraction of sp³-hybridized carbons (Fsp3) is 0.786. The molecule has 1 fully saturated rings. The lowest BCUT2D eigenvalue weighted by atomic mass is 9.81. The second-order valence-corrected chi connectivity index (χ2v) is 5.58. The van der Waals surface area contributed by atoms with Gasteiger partial charge in [0.1, 0.15) is 0 Å². The third-order valence-corrected chi connectivity index (χ3v) is 4.13. The zero-order valence-electron chi connectivity index (χ0n) is 10.6. The largest absolute Gasteiger partial charge is 0.354 e. The number of hydrogen-bond acceptors (Lipinski definition) is 2. The summed E-state index contributed by atoms with van der Waals surface area (Å²) in [5, 5.41) is 3.06. The quantitative estimate of drug-likeness (QED) is 0.737. The SMILES string of the molecule is NC1(C(=O)NCC2CC=CCC2)CCCCC1. The van der Waals surface area contributed by atoms with Crippen LogP contribution in [0.15, 0.2) is 12.2 Å². The van der Waals surface area contributed by atoms with Crippen LogP contribution in [-0.4, -0.2) is 18.0 Å². The van der Waals surface area contributed by atoms with Crippen LogP contribution in [0, 0.1) is 5.92 Å². The maximum Gasteiger partial charge on any atom is 0.240 e. The van der Waals surface area contributed by atoms with E-state index < -0.39 is 5.54 Å². The highest BCUT2D eigenvalue weighted by Gasteiger charge is 2.35. The molecule has 0 aliphatic heterocycles. The monoisotopic (exact) mass is 236 g/mol. The molecule has 17 heavy (non-hydrogen) atoms. The van der Waals surface area contributed by atoms with E-state index in [1.54, 1.807) is 0 Å². The van der Waals surface area contributed by atoms with Crippen LogP contribution in [0.2, 0.25) is 0 Å². The Hall–Kier alpha value is -0.830. The van der Waals surface area contributed by atoms with Gasteiger partial charge in [-0.2, -0.15) is 0 Å². The molecule has 0 heterocycles. The Labute approximate surface area is 104 Å². The Morgan fingerprint density at radius 2 is 2.06 bits per heavy atom. The summed E-state index contributed by atoms with van der Waals surface area (Å²) in [6, 6.07) is 0. The van der Waals surface area contributed by atoms with Crippen LogP contribution in [-0.2, 0) is 4.79 Å². The lowest BCUT2D eigenvalue weighted by molar-refractivity contribution is -0.127. The third kappa shape index (κ3) is 3.32. The summed E-state index contributed by atoms with van der Waals surface area (Å²) in [4.78, 5) is 12.1. The van der Waals surface area contributed by atoms with Crippen molar-refractivity contribution in [2.75, 3.05) is 6.54 Å². The first-order valence-corrected chi connectivity index (χ1v) is 6.93. The summed E-state index contributed by atoms with van der Waals surface area (Å²) in [5.41, 5.74) is 5.61. The van der Waals surface area contributed by atoms with Gasteiger partial charge in [0.2, 0.25) is 5.91 Å². The van der Waals surface area contributed by atoms with Gasteiger partial charge in [0.25, 0.3) is 0 Å². The van der Waals surface area contributed by atoms with Gasteiger partial charge in [-0.1, -0.05) is 31.4 Å². The third-order valence-electron chi connectivity index (χ3n) is 4.13. The highest BCUT2D eigenvalue weighted by atomic mass is 16.2. The Balaban J connectivity index is 1.77. The molecule has 0 bridgehead atoms. The first-order chi connectivity index (χ1) is 8.21. The Bertz CT molecular complexity index is 293. The molecule has 0 radical (unpaired) electrons. The Morgan fingerprint density at radius 1 is 1.29 bits per heavy atom. The Morgan fingerprint density at radius 3 is 2.71 bits per heavy atom. The standard InChI is InChI=1S/C14H24N2O/c15-14(9-5-2-6-10-14)13(17)16-11-12-7-3-1-4-8-12/h1,3,12H,2,4-11,15H2,(H,16,17). The predicted molar refractivity (Wildman–Crippen MR) is 69.5 cm³/mol. The van der Waals surface area contributed by atoms with Gasteiger partial charge in [-0.05, 0) is 38.0 Å². The predicted octanol–water partition coefficient (Wildman–Crippen LogP) is 2.12. The first-order valence-electron chi connectivity index (χ1n) is 6.93. The van der Waals surface area contributed by atoms with E-state index in [4.69, 9.17) is 5.73 Å². The van der Waals surface area contributed by atoms with Gasteiger partial charge in [-0.25, -0.2) is 0 Å². The highest BCUT2D eigenvalue weighted by Crippen LogP contribution is 2.26. The fourth-order valence-corrected chi connectivity index (χ4v) is 2.86. The number of nitrogens with two attached hydrogens (primary N) is 1. The lowest BCUT2D eigenvalue weighted by Gasteiger charge is -2.32.